The molecule has 0 bridgehead atoms. The van der Waals surface area contributed by atoms with Crippen LogP contribution in [0.1, 0.15) is 18.0 Å². The summed E-state index contributed by atoms with van der Waals surface area (Å²) < 4.78 is 13.6. The average molecular weight is 303 g/mol. The molecule has 0 aliphatic carbocycles. The standard InChI is InChI=1S/C12H16BrFN2O/c1-16-6-7(5-15)2-11(16)8-3-9(13)10(14)4-12(8)17/h3-4,7,11,17H,2,5-6,15H2,1H3. The van der Waals surface area contributed by atoms with E-state index in [0.29, 0.717) is 16.9 Å². The summed E-state index contributed by atoms with van der Waals surface area (Å²) in [4.78, 5) is 2.15. The van der Waals surface area contributed by atoms with E-state index in [4.69, 9.17) is 5.73 Å². The number of phenolic OH excluding ortho intramolecular Hbond substituents is 1. The van der Waals surface area contributed by atoms with Crippen molar-refractivity contribution in [2.45, 2.75) is 12.5 Å². The number of aromatic hydroxyl groups is 1. The largest absolute Gasteiger partial charge is 0.508 e. The Bertz CT molecular complexity index is 427. The minimum absolute atomic E-state index is 0.0141. The van der Waals surface area contributed by atoms with E-state index in [2.05, 4.69) is 20.8 Å². The lowest BCUT2D eigenvalue weighted by molar-refractivity contribution is 0.305. The van der Waals surface area contributed by atoms with E-state index in [1.165, 1.54) is 0 Å². The molecule has 0 radical (unpaired) electrons. The molecule has 2 unspecified atom stereocenters. The molecule has 1 aliphatic rings. The van der Waals surface area contributed by atoms with Gasteiger partial charge < -0.3 is 10.8 Å². The number of halogens is 2. The normalized spacial score (nSPS) is 25.4. The summed E-state index contributed by atoms with van der Waals surface area (Å²) in [6.07, 6.45) is 0.901. The Hall–Kier alpha value is -0.650. The highest BCUT2D eigenvalue weighted by Crippen LogP contribution is 2.39. The number of benzene rings is 1. The topological polar surface area (TPSA) is 49.5 Å². The van der Waals surface area contributed by atoms with E-state index in [9.17, 15) is 9.50 Å². The van der Waals surface area contributed by atoms with Crippen LogP contribution in [-0.4, -0.2) is 30.1 Å². The van der Waals surface area contributed by atoms with Crippen molar-refractivity contribution in [3.8, 4) is 5.75 Å². The summed E-state index contributed by atoms with van der Waals surface area (Å²) in [5, 5.41) is 9.83. The predicted octanol–water partition coefficient (Wildman–Crippen LogP) is 2.25. The summed E-state index contributed by atoms with van der Waals surface area (Å²) in [6, 6.07) is 2.92. The van der Waals surface area contributed by atoms with Crippen LogP contribution < -0.4 is 5.73 Å². The van der Waals surface area contributed by atoms with Crippen LogP contribution in [0, 0.1) is 11.7 Å². The molecule has 1 heterocycles. The lowest BCUT2D eigenvalue weighted by atomic mass is 9.99. The van der Waals surface area contributed by atoms with Gasteiger partial charge in [-0.1, -0.05) is 0 Å². The molecule has 0 spiro atoms. The maximum absolute atomic E-state index is 13.2. The Morgan fingerprint density at radius 3 is 2.88 bits per heavy atom. The van der Waals surface area contributed by atoms with Crippen molar-refractivity contribution in [3.05, 3.63) is 28.0 Å². The summed E-state index contributed by atoms with van der Waals surface area (Å²) in [6.45, 7) is 1.56. The highest BCUT2D eigenvalue weighted by atomic mass is 79.9. The zero-order valence-corrected chi connectivity index (χ0v) is 11.2. The average Bonchev–Trinajstić information content (AvgIpc) is 2.65. The van der Waals surface area contributed by atoms with E-state index >= 15 is 0 Å². The fourth-order valence-electron chi connectivity index (χ4n) is 2.46. The van der Waals surface area contributed by atoms with Crippen LogP contribution in [0.5, 0.6) is 5.75 Å². The Labute approximate surface area is 109 Å². The molecule has 1 aromatic carbocycles. The van der Waals surface area contributed by atoms with E-state index < -0.39 is 5.82 Å². The number of hydrogen-bond acceptors (Lipinski definition) is 3. The van der Waals surface area contributed by atoms with Crippen LogP contribution in [-0.2, 0) is 0 Å². The van der Waals surface area contributed by atoms with Gasteiger partial charge in [0, 0.05) is 24.2 Å². The fourth-order valence-corrected chi connectivity index (χ4v) is 2.82. The van der Waals surface area contributed by atoms with Gasteiger partial charge in [0.05, 0.1) is 4.47 Å². The van der Waals surface area contributed by atoms with Crippen molar-refractivity contribution < 1.29 is 9.50 Å². The number of likely N-dealkylation sites (tertiary alicyclic amines) is 1. The lowest BCUT2D eigenvalue weighted by Gasteiger charge is -2.21. The first-order valence-electron chi connectivity index (χ1n) is 5.61. The molecule has 1 aromatic rings. The molecule has 2 atom stereocenters. The van der Waals surface area contributed by atoms with Gasteiger partial charge in [0.2, 0.25) is 0 Å². The van der Waals surface area contributed by atoms with Crippen molar-refractivity contribution in [2.24, 2.45) is 11.7 Å². The molecule has 3 nitrogen and oxygen atoms in total. The highest BCUT2D eigenvalue weighted by molar-refractivity contribution is 9.10. The van der Waals surface area contributed by atoms with Crippen molar-refractivity contribution in [2.75, 3.05) is 20.1 Å². The molecule has 2 rings (SSSR count). The summed E-state index contributed by atoms with van der Waals surface area (Å²) in [5.41, 5.74) is 6.43. The maximum Gasteiger partial charge on any atom is 0.141 e. The van der Waals surface area contributed by atoms with Crippen molar-refractivity contribution >= 4 is 15.9 Å². The van der Waals surface area contributed by atoms with Gasteiger partial charge in [-0.05, 0) is 47.9 Å². The monoisotopic (exact) mass is 302 g/mol. The second-order valence-corrected chi connectivity index (χ2v) is 5.47. The number of nitrogens with two attached hydrogens (primary N) is 1. The summed E-state index contributed by atoms with van der Waals surface area (Å²) >= 11 is 3.15. The van der Waals surface area contributed by atoms with Gasteiger partial charge in [-0.15, -0.1) is 0 Å². The molecule has 1 fully saturated rings. The second kappa shape index (κ2) is 4.92. The van der Waals surface area contributed by atoms with Crippen molar-refractivity contribution in [1.29, 1.82) is 0 Å². The Balaban J connectivity index is 2.31. The fraction of sp³-hybridized carbons (Fsp3) is 0.500. The molecule has 3 N–H and O–H groups in total. The van der Waals surface area contributed by atoms with Crippen LogP contribution in [0.25, 0.3) is 0 Å². The molecular weight excluding hydrogens is 287 g/mol. The third kappa shape index (κ3) is 2.46. The summed E-state index contributed by atoms with van der Waals surface area (Å²) in [7, 11) is 2.00. The first-order valence-corrected chi connectivity index (χ1v) is 6.40. The highest BCUT2D eigenvalue weighted by Gasteiger charge is 2.31. The van der Waals surface area contributed by atoms with Gasteiger partial charge in [0.1, 0.15) is 11.6 Å². The van der Waals surface area contributed by atoms with E-state index in [1.54, 1.807) is 6.07 Å². The van der Waals surface area contributed by atoms with E-state index in [-0.39, 0.29) is 11.8 Å². The van der Waals surface area contributed by atoms with Crippen molar-refractivity contribution in [1.82, 2.24) is 4.90 Å². The Morgan fingerprint density at radius 1 is 1.59 bits per heavy atom. The smallest absolute Gasteiger partial charge is 0.141 e. The van der Waals surface area contributed by atoms with Gasteiger partial charge in [0.25, 0.3) is 0 Å². The number of nitrogens with zero attached hydrogens (tertiary/aromatic N) is 1. The van der Waals surface area contributed by atoms with E-state index in [0.717, 1.165) is 24.6 Å². The SMILES string of the molecule is CN1CC(CN)CC1c1cc(Br)c(F)cc1O. The molecule has 0 saturated carbocycles. The third-order valence-electron chi connectivity index (χ3n) is 3.40. The molecule has 94 valence electrons. The first-order chi connectivity index (χ1) is 8.02. The van der Waals surface area contributed by atoms with Gasteiger partial charge in [0.15, 0.2) is 0 Å². The minimum atomic E-state index is -0.442. The molecule has 5 heteroatoms. The predicted molar refractivity (Wildman–Crippen MR) is 68.3 cm³/mol. The van der Waals surface area contributed by atoms with Gasteiger partial charge >= 0.3 is 0 Å². The minimum Gasteiger partial charge on any atom is -0.508 e. The van der Waals surface area contributed by atoms with Gasteiger partial charge in [-0.3, -0.25) is 4.90 Å². The Morgan fingerprint density at radius 2 is 2.29 bits per heavy atom. The molecule has 0 amide bonds. The van der Waals surface area contributed by atoms with Crippen LogP contribution >= 0.6 is 15.9 Å². The number of phenols is 1. The lowest BCUT2D eigenvalue weighted by Crippen LogP contribution is -2.20. The van der Waals surface area contributed by atoms with Crippen LogP contribution in [0.2, 0.25) is 0 Å². The number of rotatable bonds is 2. The zero-order chi connectivity index (χ0) is 12.6. The summed E-state index contributed by atoms with van der Waals surface area (Å²) in [5.74, 6) is 0.00993. The maximum atomic E-state index is 13.2. The van der Waals surface area contributed by atoms with Crippen LogP contribution in [0.15, 0.2) is 16.6 Å². The van der Waals surface area contributed by atoms with E-state index in [1.807, 2.05) is 7.05 Å². The third-order valence-corrected chi connectivity index (χ3v) is 4.00. The van der Waals surface area contributed by atoms with Crippen molar-refractivity contribution in [3.63, 3.8) is 0 Å². The van der Waals surface area contributed by atoms with Crippen LogP contribution in [0.3, 0.4) is 0 Å². The molecule has 0 aromatic heterocycles. The molecule has 1 saturated heterocycles. The molecule has 17 heavy (non-hydrogen) atoms. The first kappa shape index (κ1) is 12.8. The van der Waals surface area contributed by atoms with Gasteiger partial charge in [-0.2, -0.15) is 0 Å². The molecular formula is C12H16BrFN2O. The quantitative estimate of drug-likeness (QED) is 0.881. The van der Waals surface area contributed by atoms with Gasteiger partial charge in [-0.25, -0.2) is 4.39 Å². The number of hydrogen-bond donors (Lipinski definition) is 2. The Kier molecular flexibility index (Phi) is 3.70. The second-order valence-electron chi connectivity index (χ2n) is 4.62. The zero-order valence-electron chi connectivity index (χ0n) is 9.66. The molecule has 1 aliphatic heterocycles. The van der Waals surface area contributed by atoms with Crippen LogP contribution in [0.4, 0.5) is 4.39 Å².